The molecule has 0 aromatic rings. The lowest BCUT2D eigenvalue weighted by atomic mass is 10.3. The van der Waals surface area contributed by atoms with Crippen molar-refractivity contribution in [2.24, 2.45) is 11.7 Å². The number of alkyl halides is 2. The predicted octanol–water partition coefficient (Wildman–Crippen LogP) is 0.922. The maximum atomic E-state index is 12.7. The van der Waals surface area contributed by atoms with Gasteiger partial charge in [-0.3, -0.25) is 0 Å². The molecule has 0 bridgehead atoms. The first kappa shape index (κ1) is 9.86. The molecule has 2 nitrogen and oxygen atoms in total. The van der Waals surface area contributed by atoms with Gasteiger partial charge in [0.2, 0.25) is 0 Å². The molecule has 72 valence electrons. The van der Waals surface area contributed by atoms with Crippen LogP contribution >= 0.6 is 0 Å². The highest BCUT2D eigenvalue weighted by molar-refractivity contribution is 4.79. The highest BCUT2D eigenvalue weighted by Gasteiger charge is 2.31. The topological polar surface area (TPSA) is 29.3 Å². The summed E-state index contributed by atoms with van der Waals surface area (Å²) in [6.45, 7) is 0.0254. The molecule has 12 heavy (non-hydrogen) atoms. The number of hydrogen-bond donors (Lipinski definition) is 1. The van der Waals surface area contributed by atoms with Gasteiger partial charge in [0.05, 0.1) is 13.1 Å². The molecule has 4 heteroatoms. The molecule has 0 aromatic carbocycles. The average molecular weight is 178 g/mol. The van der Waals surface area contributed by atoms with Crippen molar-refractivity contribution in [3.05, 3.63) is 0 Å². The van der Waals surface area contributed by atoms with E-state index in [2.05, 4.69) is 0 Å². The fraction of sp³-hybridized carbons (Fsp3) is 1.00. The van der Waals surface area contributed by atoms with E-state index in [9.17, 15) is 8.78 Å². The van der Waals surface area contributed by atoms with Crippen LogP contribution in [0, 0.1) is 5.92 Å². The molecule has 0 unspecified atom stereocenters. The van der Waals surface area contributed by atoms with Gasteiger partial charge in [-0.15, -0.1) is 0 Å². The number of rotatable bonds is 5. The van der Waals surface area contributed by atoms with Gasteiger partial charge in [0, 0.05) is 6.54 Å². The first-order chi connectivity index (χ1) is 5.53. The fourth-order valence-corrected chi connectivity index (χ4v) is 1.27. The van der Waals surface area contributed by atoms with E-state index in [1.54, 1.807) is 11.9 Å². The minimum absolute atomic E-state index is 0.208. The lowest BCUT2D eigenvalue weighted by Gasteiger charge is -2.22. The quantitative estimate of drug-likeness (QED) is 0.678. The molecule has 1 aliphatic carbocycles. The summed E-state index contributed by atoms with van der Waals surface area (Å²) < 4.78 is 25.4. The Morgan fingerprint density at radius 2 is 2.08 bits per heavy atom. The van der Waals surface area contributed by atoms with Crippen LogP contribution in [0.15, 0.2) is 0 Å². The summed E-state index contributed by atoms with van der Waals surface area (Å²) in [4.78, 5) is 1.67. The van der Waals surface area contributed by atoms with Crippen molar-refractivity contribution in [1.82, 2.24) is 4.90 Å². The normalized spacial score (nSPS) is 18.8. The van der Waals surface area contributed by atoms with Crippen molar-refractivity contribution in [2.45, 2.75) is 18.8 Å². The molecule has 0 saturated heterocycles. The lowest BCUT2D eigenvalue weighted by Crippen LogP contribution is -2.40. The van der Waals surface area contributed by atoms with Gasteiger partial charge in [-0.25, -0.2) is 8.78 Å². The molecule has 0 spiro atoms. The molecular formula is C8H16F2N2. The van der Waals surface area contributed by atoms with Gasteiger partial charge < -0.3 is 10.6 Å². The van der Waals surface area contributed by atoms with E-state index in [1.165, 1.54) is 12.8 Å². The molecule has 1 aliphatic rings. The van der Waals surface area contributed by atoms with Crippen molar-refractivity contribution in [1.29, 1.82) is 0 Å². The molecule has 0 heterocycles. The highest BCUT2D eigenvalue weighted by Crippen LogP contribution is 2.29. The van der Waals surface area contributed by atoms with Crippen molar-refractivity contribution < 1.29 is 8.78 Å². The van der Waals surface area contributed by atoms with Gasteiger partial charge in [0.15, 0.2) is 0 Å². The van der Waals surface area contributed by atoms with Crippen molar-refractivity contribution >= 4 is 0 Å². The van der Waals surface area contributed by atoms with E-state index in [4.69, 9.17) is 5.73 Å². The summed E-state index contributed by atoms with van der Waals surface area (Å²) in [7, 11) is 1.72. The Bertz CT molecular complexity index is 146. The number of hydrogen-bond acceptors (Lipinski definition) is 2. The van der Waals surface area contributed by atoms with E-state index in [0.717, 1.165) is 6.54 Å². The molecule has 0 aromatic heterocycles. The average Bonchev–Trinajstić information content (AvgIpc) is 2.70. The summed E-state index contributed by atoms with van der Waals surface area (Å²) in [5, 5.41) is 0. The minimum atomic E-state index is -2.72. The second-order valence-electron chi connectivity index (χ2n) is 3.70. The molecule has 1 fully saturated rings. The molecule has 1 saturated carbocycles. The SMILES string of the molecule is CN(CC1CC1)CC(F)(F)CN. The van der Waals surface area contributed by atoms with E-state index in [0.29, 0.717) is 5.92 Å². The Hall–Kier alpha value is -0.220. The summed E-state index contributed by atoms with van der Waals surface area (Å²) in [6, 6.07) is 0. The highest BCUT2D eigenvalue weighted by atomic mass is 19.3. The molecule has 0 radical (unpaired) electrons. The smallest absolute Gasteiger partial charge is 0.272 e. The van der Waals surface area contributed by atoms with E-state index >= 15 is 0 Å². The second kappa shape index (κ2) is 3.66. The zero-order chi connectivity index (χ0) is 9.19. The predicted molar refractivity (Wildman–Crippen MR) is 44.2 cm³/mol. The van der Waals surface area contributed by atoms with E-state index in [1.807, 2.05) is 0 Å². The van der Waals surface area contributed by atoms with Crippen LogP contribution in [0.5, 0.6) is 0 Å². The first-order valence-corrected chi connectivity index (χ1v) is 4.30. The minimum Gasteiger partial charge on any atom is -0.325 e. The van der Waals surface area contributed by atoms with Crippen LogP contribution < -0.4 is 5.73 Å². The number of halogens is 2. The summed E-state index contributed by atoms with van der Waals surface area (Å²) in [5.74, 6) is -2.06. The number of nitrogens with zero attached hydrogens (tertiary/aromatic N) is 1. The summed E-state index contributed by atoms with van der Waals surface area (Å²) >= 11 is 0. The third-order valence-corrected chi connectivity index (χ3v) is 2.07. The number of nitrogens with two attached hydrogens (primary N) is 1. The van der Waals surface area contributed by atoms with Gasteiger partial charge in [0.25, 0.3) is 5.92 Å². The van der Waals surface area contributed by atoms with Crippen LogP contribution in [0.2, 0.25) is 0 Å². The summed E-state index contributed by atoms with van der Waals surface area (Å²) in [6.07, 6.45) is 2.39. The van der Waals surface area contributed by atoms with Crippen LogP contribution in [0.4, 0.5) is 8.78 Å². The molecular weight excluding hydrogens is 162 g/mol. The maximum absolute atomic E-state index is 12.7. The third kappa shape index (κ3) is 3.45. The molecule has 1 rings (SSSR count). The standard InChI is InChI=1S/C8H16F2N2/c1-12(4-7-2-3-7)6-8(9,10)5-11/h7H,2-6,11H2,1H3. The molecule has 0 atom stereocenters. The zero-order valence-electron chi connectivity index (χ0n) is 7.39. The van der Waals surface area contributed by atoms with E-state index < -0.39 is 12.5 Å². The lowest BCUT2D eigenvalue weighted by molar-refractivity contribution is -0.0182. The van der Waals surface area contributed by atoms with Gasteiger partial charge in [-0.05, 0) is 25.8 Å². The van der Waals surface area contributed by atoms with Crippen LogP contribution in [0.25, 0.3) is 0 Å². The van der Waals surface area contributed by atoms with Gasteiger partial charge in [-0.1, -0.05) is 0 Å². The molecule has 2 N–H and O–H groups in total. The third-order valence-electron chi connectivity index (χ3n) is 2.07. The van der Waals surface area contributed by atoms with Crippen LogP contribution in [0.3, 0.4) is 0 Å². The van der Waals surface area contributed by atoms with E-state index in [-0.39, 0.29) is 6.54 Å². The Labute approximate surface area is 71.7 Å². The van der Waals surface area contributed by atoms with Crippen LogP contribution in [-0.4, -0.2) is 37.5 Å². The molecule has 0 amide bonds. The fourth-order valence-electron chi connectivity index (χ4n) is 1.27. The van der Waals surface area contributed by atoms with Gasteiger partial charge in [-0.2, -0.15) is 0 Å². The van der Waals surface area contributed by atoms with Crippen molar-refractivity contribution in [3.8, 4) is 0 Å². The van der Waals surface area contributed by atoms with Crippen LogP contribution in [-0.2, 0) is 0 Å². The Kier molecular flexibility index (Phi) is 3.01. The Morgan fingerprint density at radius 3 is 2.50 bits per heavy atom. The van der Waals surface area contributed by atoms with Gasteiger partial charge >= 0.3 is 0 Å². The second-order valence-corrected chi connectivity index (χ2v) is 3.70. The summed E-state index contributed by atoms with van der Waals surface area (Å²) in [5.41, 5.74) is 4.92. The zero-order valence-corrected chi connectivity index (χ0v) is 7.39. The van der Waals surface area contributed by atoms with Crippen molar-refractivity contribution in [2.75, 3.05) is 26.7 Å². The Morgan fingerprint density at radius 1 is 1.50 bits per heavy atom. The van der Waals surface area contributed by atoms with Crippen molar-refractivity contribution in [3.63, 3.8) is 0 Å². The molecule has 0 aliphatic heterocycles. The first-order valence-electron chi connectivity index (χ1n) is 4.30. The largest absolute Gasteiger partial charge is 0.325 e. The van der Waals surface area contributed by atoms with Gasteiger partial charge in [0.1, 0.15) is 0 Å². The van der Waals surface area contributed by atoms with Crippen LogP contribution in [0.1, 0.15) is 12.8 Å². The monoisotopic (exact) mass is 178 g/mol. The Balaban J connectivity index is 2.18. The maximum Gasteiger partial charge on any atom is 0.272 e.